The maximum absolute atomic E-state index is 13.1. The zero-order valence-electron chi connectivity index (χ0n) is 18.9. The first-order valence-corrected chi connectivity index (χ1v) is 10.5. The summed E-state index contributed by atoms with van der Waals surface area (Å²) in [4.78, 5) is 79.0. The highest BCUT2D eigenvalue weighted by Gasteiger charge is 2.40. The Morgan fingerprint density at radius 3 is 2.44 bits per heavy atom. The smallest absolute Gasteiger partial charge is 0.475 e. The van der Waals surface area contributed by atoms with Crippen LogP contribution in [0.5, 0.6) is 0 Å². The number of alkyl halides is 3. The zero-order valence-corrected chi connectivity index (χ0v) is 18.9. The van der Waals surface area contributed by atoms with E-state index in [2.05, 4.69) is 20.6 Å². The summed E-state index contributed by atoms with van der Waals surface area (Å²) in [7, 11) is 1.31. The second-order valence-corrected chi connectivity index (χ2v) is 7.90. The molecule has 2 aliphatic heterocycles. The average molecular weight is 519 g/mol. The van der Waals surface area contributed by atoms with Crippen molar-refractivity contribution in [3.63, 3.8) is 0 Å². The van der Waals surface area contributed by atoms with E-state index >= 15 is 0 Å². The molecule has 1 aromatic rings. The van der Waals surface area contributed by atoms with Crippen LogP contribution in [0.25, 0.3) is 0 Å². The number of aliphatic carboxylic acids is 1. The number of hydrogen-bond donors (Lipinski definition) is 5. The number of likely N-dealkylation sites (tertiary alicyclic amines) is 1. The lowest BCUT2D eigenvalue weighted by Crippen LogP contribution is -2.61. The Morgan fingerprint density at radius 2 is 1.94 bits per heavy atom. The van der Waals surface area contributed by atoms with Gasteiger partial charge in [0, 0.05) is 31.9 Å². The van der Waals surface area contributed by atoms with Gasteiger partial charge in [0.1, 0.15) is 18.1 Å². The van der Waals surface area contributed by atoms with Gasteiger partial charge in [-0.15, -0.1) is 0 Å². The monoisotopic (exact) mass is 519 g/mol. The number of imidazole rings is 1. The largest absolute Gasteiger partial charge is 0.490 e. The standard InChI is InChI=1S/C17H23N7O5.C2HF3O2/c1-23-13(25)6-10(22-17(23)29)15(27)21-11(5-9-7-19-8-20-9)16(28)24-4-2-3-12(24)14(18)26;3-2(4,5)1(6)7/h7-8,10-12H,2-6H2,1H3,(H2,18,26)(H,19,20)(H,21,27)(H,22,29);(H,6,7)/t10-,11-,12-;/m0./s1. The fourth-order valence-electron chi connectivity index (χ4n) is 3.50. The molecule has 6 amide bonds. The third kappa shape index (κ3) is 7.16. The van der Waals surface area contributed by atoms with Crippen LogP contribution < -0.4 is 16.4 Å². The van der Waals surface area contributed by atoms with Gasteiger partial charge in [-0.2, -0.15) is 13.2 Å². The number of carbonyl (C=O) groups excluding carboxylic acids is 5. The molecule has 2 fully saturated rings. The van der Waals surface area contributed by atoms with E-state index in [0.29, 0.717) is 25.1 Å². The highest BCUT2D eigenvalue weighted by Crippen LogP contribution is 2.19. The normalized spacial score (nSPS) is 20.7. The number of H-pyrrole nitrogens is 1. The molecule has 198 valence electrons. The van der Waals surface area contributed by atoms with Crippen molar-refractivity contribution in [3.8, 4) is 0 Å². The average Bonchev–Trinajstić information content (AvgIpc) is 3.48. The van der Waals surface area contributed by atoms with Gasteiger partial charge >= 0.3 is 18.2 Å². The number of primary amides is 1. The maximum atomic E-state index is 13.1. The van der Waals surface area contributed by atoms with Crippen LogP contribution in [0.4, 0.5) is 18.0 Å². The molecule has 0 bridgehead atoms. The van der Waals surface area contributed by atoms with Crippen LogP contribution in [0.2, 0.25) is 0 Å². The zero-order chi connectivity index (χ0) is 27.2. The molecule has 3 rings (SSSR count). The number of carboxylic acids is 1. The lowest BCUT2D eigenvalue weighted by atomic mass is 10.1. The molecule has 2 saturated heterocycles. The predicted octanol–water partition coefficient (Wildman–Crippen LogP) is -1.51. The van der Waals surface area contributed by atoms with E-state index < -0.39 is 59.9 Å². The van der Waals surface area contributed by atoms with Crippen molar-refractivity contribution in [2.24, 2.45) is 5.73 Å². The van der Waals surface area contributed by atoms with Gasteiger partial charge in [0.25, 0.3) is 0 Å². The highest BCUT2D eigenvalue weighted by molar-refractivity contribution is 6.03. The molecular weight excluding hydrogens is 495 g/mol. The molecule has 2 aliphatic rings. The van der Waals surface area contributed by atoms with Crippen LogP contribution in [0.15, 0.2) is 12.5 Å². The van der Waals surface area contributed by atoms with Gasteiger partial charge in [0.2, 0.25) is 23.6 Å². The predicted molar refractivity (Wildman–Crippen MR) is 112 cm³/mol. The van der Waals surface area contributed by atoms with Crippen LogP contribution in [-0.4, -0.2) is 98.4 Å². The van der Waals surface area contributed by atoms with E-state index in [4.69, 9.17) is 15.6 Å². The lowest BCUT2D eigenvalue weighted by Gasteiger charge is -2.31. The molecule has 0 aliphatic carbocycles. The van der Waals surface area contributed by atoms with Crippen molar-refractivity contribution < 1.29 is 47.0 Å². The minimum absolute atomic E-state index is 0.0983. The number of hydrogen-bond acceptors (Lipinski definition) is 7. The molecule has 1 aromatic heterocycles. The van der Waals surface area contributed by atoms with E-state index in [1.807, 2.05) is 0 Å². The molecule has 14 nitrogen and oxygen atoms in total. The molecule has 3 heterocycles. The second kappa shape index (κ2) is 11.5. The number of aromatic nitrogens is 2. The number of halogens is 3. The van der Waals surface area contributed by atoms with Crippen LogP contribution in [-0.2, 0) is 30.4 Å². The number of imide groups is 1. The molecule has 0 unspecified atom stereocenters. The van der Waals surface area contributed by atoms with Gasteiger partial charge in [0.05, 0.1) is 12.7 Å². The van der Waals surface area contributed by atoms with Crippen molar-refractivity contribution in [2.75, 3.05) is 13.6 Å². The van der Waals surface area contributed by atoms with Gasteiger partial charge in [-0.05, 0) is 12.8 Å². The second-order valence-electron chi connectivity index (χ2n) is 7.90. The summed E-state index contributed by atoms with van der Waals surface area (Å²) < 4.78 is 31.7. The summed E-state index contributed by atoms with van der Waals surface area (Å²) in [5.41, 5.74) is 6.00. The summed E-state index contributed by atoms with van der Waals surface area (Å²) in [6.07, 6.45) is -1.15. The SMILES string of the molecule is CN1C(=O)C[C@@H](C(=O)N[C@@H](Cc2cnc[nH]2)C(=O)N2CCC[C@H]2C(N)=O)NC1=O.O=C(O)C(F)(F)F. The van der Waals surface area contributed by atoms with Crippen LogP contribution in [0.3, 0.4) is 0 Å². The van der Waals surface area contributed by atoms with E-state index in [1.54, 1.807) is 0 Å². The van der Waals surface area contributed by atoms with Crippen LogP contribution >= 0.6 is 0 Å². The first-order chi connectivity index (χ1) is 16.7. The number of carbonyl (C=O) groups is 6. The minimum atomic E-state index is -5.08. The number of urea groups is 1. The molecule has 0 saturated carbocycles. The number of carboxylic acid groups (broad SMARTS) is 1. The van der Waals surface area contributed by atoms with Gasteiger partial charge in [-0.1, -0.05) is 0 Å². The van der Waals surface area contributed by atoms with Crippen molar-refractivity contribution >= 4 is 35.6 Å². The van der Waals surface area contributed by atoms with Crippen LogP contribution in [0, 0.1) is 0 Å². The molecule has 6 N–H and O–H groups in total. The van der Waals surface area contributed by atoms with E-state index in [9.17, 15) is 37.1 Å². The first-order valence-electron chi connectivity index (χ1n) is 10.5. The Morgan fingerprint density at radius 1 is 1.31 bits per heavy atom. The Balaban J connectivity index is 0.000000572. The number of nitrogens with one attached hydrogen (secondary N) is 3. The van der Waals surface area contributed by atoms with Gasteiger partial charge in [-0.3, -0.25) is 24.1 Å². The topological polar surface area (TPSA) is 208 Å². The molecule has 0 spiro atoms. The summed E-state index contributed by atoms with van der Waals surface area (Å²) in [6, 6.07) is -3.53. The molecule has 0 radical (unpaired) electrons. The maximum Gasteiger partial charge on any atom is 0.490 e. The summed E-state index contributed by atoms with van der Waals surface area (Å²) in [5, 5.41) is 12.2. The third-order valence-corrected chi connectivity index (χ3v) is 5.37. The quantitative estimate of drug-likeness (QED) is 0.298. The lowest BCUT2D eigenvalue weighted by molar-refractivity contribution is -0.192. The minimum Gasteiger partial charge on any atom is -0.475 e. The van der Waals surface area contributed by atoms with Crippen molar-refractivity contribution in [1.29, 1.82) is 0 Å². The number of nitrogens with two attached hydrogens (primary N) is 1. The molecule has 3 atom stereocenters. The van der Waals surface area contributed by atoms with Gasteiger partial charge in [0.15, 0.2) is 0 Å². The first kappa shape index (κ1) is 28.1. The number of rotatable bonds is 6. The van der Waals surface area contributed by atoms with Crippen molar-refractivity contribution in [1.82, 2.24) is 30.4 Å². The Bertz CT molecular complexity index is 998. The van der Waals surface area contributed by atoms with Gasteiger partial charge in [-0.25, -0.2) is 14.6 Å². The Labute approximate surface area is 201 Å². The van der Waals surface area contributed by atoms with Crippen LogP contribution in [0.1, 0.15) is 25.0 Å². The Kier molecular flexibility index (Phi) is 8.96. The van der Waals surface area contributed by atoms with Crippen molar-refractivity contribution in [3.05, 3.63) is 18.2 Å². The van der Waals surface area contributed by atoms with E-state index in [1.165, 1.54) is 24.5 Å². The third-order valence-electron chi connectivity index (χ3n) is 5.37. The summed E-state index contributed by atoms with van der Waals surface area (Å²) in [5.74, 6) is -4.98. The summed E-state index contributed by atoms with van der Waals surface area (Å²) in [6.45, 7) is 0.352. The van der Waals surface area contributed by atoms with E-state index in [-0.39, 0.29) is 12.8 Å². The Hall–Kier alpha value is -4.18. The fraction of sp³-hybridized carbons (Fsp3) is 0.526. The molecule has 36 heavy (non-hydrogen) atoms. The van der Waals surface area contributed by atoms with Crippen molar-refractivity contribution in [2.45, 2.75) is 50.0 Å². The molecule has 0 aromatic carbocycles. The number of aromatic amines is 1. The fourth-order valence-corrected chi connectivity index (χ4v) is 3.50. The number of nitrogens with zero attached hydrogens (tertiary/aromatic N) is 3. The van der Waals surface area contributed by atoms with E-state index in [0.717, 1.165) is 4.90 Å². The highest BCUT2D eigenvalue weighted by atomic mass is 19.4. The molecule has 17 heteroatoms. The summed E-state index contributed by atoms with van der Waals surface area (Å²) >= 11 is 0. The molecular formula is C19H24F3N7O7. The number of amides is 6. The van der Waals surface area contributed by atoms with Gasteiger partial charge < -0.3 is 31.4 Å².